The Morgan fingerprint density at radius 2 is 1.71 bits per heavy atom. The first-order valence-electron chi connectivity index (χ1n) is 14.8. The van der Waals surface area contributed by atoms with Gasteiger partial charge in [-0.3, -0.25) is 24.6 Å². The summed E-state index contributed by atoms with van der Waals surface area (Å²) in [6.45, 7) is 10.1. The first kappa shape index (κ1) is 28.7. The molecule has 4 aromatic rings. The van der Waals surface area contributed by atoms with Crippen LogP contribution in [0.1, 0.15) is 62.9 Å². The minimum absolute atomic E-state index is 0.104. The van der Waals surface area contributed by atoms with E-state index >= 15 is 0 Å². The summed E-state index contributed by atoms with van der Waals surface area (Å²) in [4.78, 5) is 33.5. The molecule has 3 heterocycles. The summed E-state index contributed by atoms with van der Waals surface area (Å²) in [6, 6.07) is 19.8. The van der Waals surface area contributed by atoms with Crippen LogP contribution in [0.2, 0.25) is 0 Å². The lowest BCUT2D eigenvalue weighted by molar-refractivity contribution is -0.130. The molecule has 0 bridgehead atoms. The van der Waals surface area contributed by atoms with Crippen LogP contribution in [0.15, 0.2) is 73.1 Å². The fraction of sp³-hybridized carbons (Fsp3) is 0.412. The highest BCUT2D eigenvalue weighted by Gasteiger charge is 2.35. The summed E-state index contributed by atoms with van der Waals surface area (Å²) >= 11 is 0. The molecule has 1 fully saturated rings. The first-order valence-corrected chi connectivity index (χ1v) is 14.8. The lowest BCUT2D eigenvalue weighted by Gasteiger charge is -2.40. The van der Waals surface area contributed by atoms with E-state index in [0.717, 1.165) is 35.0 Å². The molecule has 1 aliphatic rings. The molecule has 5 rings (SSSR count). The predicted octanol–water partition coefficient (Wildman–Crippen LogP) is 6.28. The molecule has 214 valence electrons. The molecule has 0 aliphatic carbocycles. The number of nitrogens with one attached hydrogen (secondary N) is 2. The number of aromatic nitrogens is 3. The molecular weight excluding hydrogens is 510 g/mol. The van der Waals surface area contributed by atoms with E-state index < -0.39 is 0 Å². The van der Waals surface area contributed by atoms with Crippen LogP contribution in [0, 0.1) is 17.8 Å². The molecule has 0 unspecified atom stereocenters. The predicted molar refractivity (Wildman–Crippen MR) is 163 cm³/mol. The summed E-state index contributed by atoms with van der Waals surface area (Å²) in [5, 5.41) is 11.9. The maximum absolute atomic E-state index is 13.6. The second kappa shape index (κ2) is 12.8. The van der Waals surface area contributed by atoms with Gasteiger partial charge in [-0.25, -0.2) is 0 Å². The Morgan fingerprint density at radius 1 is 0.976 bits per heavy atom. The number of hydrogen-bond donors (Lipinski definition) is 2. The van der Waals surface area contributed by atoms with Gasteiger partial charge in [0.15, 0.2) is 5.78 Å². The van der Waals surface area contributed by atoms with Crippen molar-refractivity contribution >= 4 is 22.6 Å². The van der Waals surface area contributed by atoms with Crippen molar-refractivity contribution in [1.82, 2.24) is 25.4 Å². The van der Waals surface area contributed by atoms with Gasteiger partial charge in [-0.1, -0.05) is 58.0 Å². The number of nitrogens with zero attached hydrogens (tertiary/aromatic N) is 3. The molecule has 0 radical (unpaired) electrons. The summed E-state index contributed by atoms with van der Waals surface area (Å²) in [5.74, 6) is 1.14. The quantitative estimate of drug-likeness (QED) is 0.227. The lowest BCUT2D eigenvalue weighted by Crippen LogP contribution is -2.55. The number of benzene rings is 2. The fourth-order valence-corrected chi connectivity index (χ4v) is 6.24. The smallest absolute Gasteiger partial charge is 0.237 e. The van der Waals surface area contributed by atoms with Gasteiger partial charge in [0.25, 0.3) is 0 Å². The lowest BCUT2D eigenvalue weighted by atomic mass is 9.86. The number of piperidine rings is 1. The number of fused-ring (bicyclic) bond motifs is 1. The van der Waals surface area contributed by atoms with E-state index in [1.165, 1.54) is 5.56 Å². The molecule has 1 aliphatic heterocycles. The zero-order valence-corrected chi connectivity index (χ0v) is 24.5. The first-order chi connectivity index (χ1) is 19.8. The number of rotatable bonds is 10. The number of Topliss-reactive ketones (excluding diaryl/α,β-unsaturated/α-hetero) is 1. The van der Waals surface area contributed by atoms with Gasteiger partial charge in [0.2, 0.25) is 5.91 Å². The van der Waals surface area contributed by atoms with E-state index in [-0.39, 0.29) is 29.7 Å². The fourth-order valence-electron chi connectivity index (χ4n) is 6.24. The van der Waals surface area contributed by atoms with Crippen LogP contribution in [-0.2, 0) is 11.3 Å². The average Bonchev–Trinajstić information content (AvgIpc) is 3.40. The third-order valence-electron chi connectivity index (χ3n) is 8.37. The second-order valence-electron chi connectivity index (χ2n) is 12.1. The average molecular weight is 552 g/mol. The van der Waals surface area contributed by atoms with Crippen molar-refractivity contribution in [2.45, 2.75) is 65.6 Å². The number of pyridine rings is 1. The highest BCUT2D eigenvalue weighted by molar-refractivity contribution is 6.02. The van der Waals surface area contributed by atoms with Crippen LogP contribution < -0.4 is 5.32 Å². The Kier molecular flexibility index (Phi) is 8.93. The number of aromatic amines is 1. The van der Waals surface area contributed by atoms with Crippen LogP contribution in [0.25, 0.3) is 22.2 Å². The molecule has 0 saturated carbocycles. The van der Waals surface area contributed by atoms with Crippen LogP contribution in [0.5, 0.6) is 0 Å². The maximum Gasteiger partial charge on any atom is 0.237 e. The van der Waals surface area contributed by atoms with Gasteiger partial charge in [0.05, 0.1) is 11.6 Å². The van der Waals surface area contributed by atoms with Crippen molar-refractivity contribution < 1.29 is 9.59 Å². The standard InChI is InChI=1S/C34H41N5O2/c1-22(2)32(23(3)4)36-34(41)30-13-10-25(21-39(30)20-24-8-6-5-7-9-24)18-31(40)27-11-12-29-28(19-27)33(38-37-29)26-14-16-35-17-15-26/h5-9,11-12,14-17,19,22-23,25,30,32H,10,13,18,20-21H2,1-4H3,(H,36,41)(H,37,38)/t25-,30-/m0/s1. The maximum atomic E-state index is 13.6. The second-order valence-corrected chi connectivity index (χ2v) is 12.1. The van der Waals surface area contributed by atoms with E-state index in [9.17, 15) is 9.59 Å². The van der Waals surface area contributed by atoms with Crippen molar-refractivity contribution in [3.63, 3.8) is 0 Å². The van der Waals surface area contributed by atoms with Crippen molar-refractivity contribution in [2.75, 3.05) is 6.54 Å². The molecule has 2 N–H and O–H groups in total. The van der Waals surface area contributed by atoms with Crippen molar-refractivity contribution in [3.8, 4) is 11.3 Å². The highest BCUT2D eigenvalue weighted by atomic mass is 16.2. The SMILES string of the molecule is CC(C)C(NC(=O)[C@@H]1CC[C@@H](CC(=O)c2ccc3[nH]nc(-c4ccncc4)c3c2)CN1Cc1ccccc1)C(C)C. The molecular formula is C34H41N5O2. The molecule has 41 heavy (non-hydrogen) atoms. The number of hydrogen-bond acceptors (Lipinski definition) is 5. The summed E-state index contributed by atoms with van der Waals surface area (Å²) < 4.78 is 0. The zero-order valence-electron chi connectivity index (χ0n) is 24.5. The van der Waals surface area contributed by atoms with Gasteiger partial charge in [0.1, 0.15) is 5.69 Å². The molecule has 1 amide bonds. The van der Waals surface area contributed by atoms with Gasteiger partial charge in [-0.05, 0) is 66.5 Å². The van der Waals surface area contributed by atoms with Gasteiger partial charge >= 0.3 is 0 Å². The number of carbonyl (C=O) groups excluding carboxylic acids is 2. The Morgan fingerprint density at radius 3 is 2.41 bits per heavy atom. The summed E-state index contributed by atoms with van der Waals surface area (Å²) in [5.41, 5.74) is 4.55. The summed E-state index contributed by atoms with van der Waals surface area (Å²) in [7, 11) is 0. The topological polar surface area (TPSA) is 91.0 Å². The third-order valence-corrected chi connectivity index (χ3v) is 8.37. The Bertz CT molecular complexity index is 1460. The van der Waals surface area contributed by atoms with Crippen LogP contribution in [0.3, 0.4) is 0 Å². The Labute approximate surface area is 242 Å². The van der Waals surface area contributed by atoms with Gasteiger partial charge in [-0.15, -0.1) is 0 Å². The normalized spacial score (nSPS) is 17.9. The number of carbonyl (C=O) groups is 2. The number of ketones is 1. The van der Waals surface area contributed by atoms with Crippen molar-refractivity contribution in [2.24, 2.45) is 17.8 Å². The highest BCUT2D eigenvalue weighted by Crippen LogP contribution is 2.30. The molecule has 7 heteroatoms. The minimum atomic E-state index is -0.202. The van der Waals surface area contributed by atoms with Crippen LogP contribution in [0.4, 0.5) is 0 Å². The van der Waals surface area contributed by atoms with E-state index in [1.807, 2.05) is 48.5 Å². The molecule has 7 nitrogen and oxygen atoms in total. The molecule has 2 atom stereocenters. The number of H-pyrrole nitrogens is 1. The number of amides is 1. The molecule has 0 spiro atoms. The van der Waals surface area contributed by atoms with E-state index in [1.54, 1.807) is 12.4 Å². The molecule has 1 saturated heterocycles. The van der Waals surface area contributed by atoms with Crippen molar-refractivity contribution in [3.05, 3.63) is 84.2 Å². The largest absolute Gasteiger partial charge is 0.351 e. The zero-order chi connectivity index (χ0) is 28.9. The van der Waals surface area contributed by atoms with Crippen molar-refractivity contribution in [1.29, 1.82) is 0 Å². The van der Waals surface area contributed by atoms with E-state index in [4.69, 9.17) is 0 Å². The monoisotopic (exact) mass is 551 g/mol. The third kappa shape index (κ3) is 6.73. The molecule has 2 aromatic carbocycles. The Balaban J connectivity index is 1.32. The number of likely N-dealkylation sites (tertiary alicyclic amines) is 1. The van der Waals surface area contributed by atoms with E-state index in [2.05, 4.69) is 65.2 Å². The van der Waals surface area contributed by atoms with Gasteiger partial charge in [0, 0.05) is 54.5 Å². The van der Waals surface area contributed by atoms with E-state index in [0.29, 0.717) is 36.9 Å². The van der Waals surface area contributed by atoms with Crippen LogP contribution in [-0.4, -0.2) is 50.4 Å². The molecule has 2 aromatic heterocycles. The Hall–Kier alpha value is -3.84. The summed E-state index contributed by atoms with van der Waals surface area (Å²) in [6.07, 6.45) is 5.53. The van der Waals surface area contributed by atoms with Gasteiger partial charge < -0.3 is 5.32 Å². The van der Waals surface area contributed by atoms with Gasteiger partial charge in [-0.2, -0.15) is 5.10 Å². The van der Waals surface area contributed by atoms with Crippen LogP contribution >= 0.6 is 0 Å². The minimum Gasteiger partial charge on any atom is -0.351 e.